The van der Waals surface area contributed by atoms with Crippen LogP contribution in [-0.4, -0.2) is 29.2 Å². The zero-order chi connectivity index (χ0) is 10.4. The summed E-state index contributed by atoms with van der Waals surface area (Å²) >= 11 is 3.36. The van der Waals surface area contributed by atoms with E-state index < -0.39 is 0 Å². The molecule has 0 aliphatic heterocycles. The van der Waals surface area contributed by atoms with Crippen molar-refractivity contribution in [2.75, 3.05) is 13.6 Å². The Labute approximate surface area is 89.8 Å². The van der Waals surface area contributed by atoms with Crippen LogP contribution in [-0.2, 0) is 4.79 Å². The van der Waals surface area contributed by atoms with Crippen LogP contribution >= 0.6 is 15.9 Å². The highest BCUT2D eigenvalue weighted by Crippen LogP contribution is 2.10. The summed E-state index contributed by atoms with van der Waals surface area (Å²) in [5.74, 6) is 0.785. The van der Waals surface area contributed by atoms with E-state index in [-0.39, 0.29) is 10.7 Å². The fourth-order valence-corrected chi connectivity index (χ4v) is 1.45. The third kappa shape index (κ3) is 4.65. The number of hydrogen-bond acceptors (Lipinski definition) is 1. The zero-order valence-corrected chi connectivity index (χ0v) is 10.6. The van der Waals surface area contributed by atoms with E-state index in [1.54, 1.807) is 0 Å². The van der Waals surface area contributed by atoms with Crippen LogP contribution in [0.15, 0.2) is 0 Å². The van der Waals surface area contributed by atoms with Crippen molar-refractivity contribution in [1.29, 1.82) is 0 Å². The average Bonchev–Trinajstić information content (AvgIpc) is 2.14. The standard InChI is InChI=1S/C10H20BrNO/c1-5-8(3)7-12(4)10(13)9(11)6-2/h8-9H,5-7H2,1-4H3. The summed E-state index contributed by atoms with van der Waals surface area (Å²) in [6.07, 6.45) is 1.97. The molecule has 2 atom stereocenters. The molecule has 0 saturated carbocycles. The van der Waals surface area contributed by atoms with Gasteiger partial charge in [-0.3, -0.25) is 4.79 Å². The SMILES string of the molecule is CCC(C)CN(C)C(=O)C(Br)CC. The maximum absolute atomic E-state index is 11.6. The lowest BCUT2D eigenvalue weighted by molar-refractivity contribution is -0.129. The molecule has 0 fully saturated rings. The molecule has 0 aromatic heterocycles. The molecule has 3 heteroatoms. The van der Waals surface area contributed by atoms with Gasteiger partial charge in [0.25, 0.3) is 0 Å². The summed E-state index contributed by atoms with van der Waals surface area (Å²) < 4.78 is 0. The molecule has 0 saturated heterocycles. The first kappa shape index (κ1) is 12.9. The molecule has 0 aliphatic carbocycles. The van der Waals surface area contributed by atoms with Gasteiger partial charge in [-0.1, -0.05) is 43.1 Å². The number of carbonyl (C=O) groups excluding carboxylic acids is 1. The Morgan fingerprint density at radius 3 is 2.31 bits per heavy atom. The van der Waals surface area contributed by atoms with Crippen molar-refractivity contribution in [3.63, 3.8) is 0 Å². The molecular formula is C10H20BrNO. The van der Waals surface area contributed by atoms with Crippen molar-refractivity contribution in [1.82, 2.24) is 4.90 Å². The molecule has 0 spiro atoms. The van der Waals surface area contributed by atoms with Crippen molar-refractivity contribution in [3.8, 4) is 0 Å². The molecule has 0 bridgehead atoms. The Balaban J connectivity index is 3.95. The second-order valence-electron chi connectivity index (χ2n) is 3.61. The lowest BCUT2D eigenvalue weighted by atomic mass is 10.1. The van der Waals surface area contributed by atoms with Crippen LogP contribution in [0.2, 0.25) is 0 Å². The number of rotatable bonds is 5. The third-order valence-corrected chi connectivity index (χ3v) is 3.32. The molecule has 0 heterocycles. The van der Waals surface area contributed by atoms with E-state index in [2.05, 4.69) is 29.8 Å². The van der Waals surface area contributed by atoms with Crippen molar-refractivity contribution in [2.45, 2.75) is 38.4 Å². The third-order valence-electron chi connectivity index (χ3n) is 2.29. The summed E-state index contributed by atoms with van der Waals surface area (Å²) in [5.41, 5.74) is 0. The van der Waals surface area contributed by atoms with Crippen LogP contribution < -0.4 is 0 Å². The average molecular weight is 250 g/mol. The van der Waals surface area contributed by atoms with Crippen molar-refractivity contribution < 1.29 is 4.79 Å². The van der Waals surface area contributed by atoms with Gasteiger partial charge in [0.2, 0.25) is 5.91 Å². The lowest BCUT2D eigenvalue weighted by Crippen LogP contribution is -2.35. The Kier molecular flexibility index (Phi) is 6.39. The highest BCUT2D eigenvalue weighted by atomic mass is 79.9. The molecule has 0 aromatic rings. The van der Waals surface area contributed by atoms with Gasteiger partial charge in [-0.25, -0.2) is 0 Å². The van der Waals surface area contributed by atoms with E-state index in [9.17, 15) is 4.79 Å². The molecule has 0 radical (unpaired) electrons. The number of carbonyl (C=O) groups is 1. The van der Waals surface area contributed by atoms with Gasteiger partial charge in [-0.15, -0.1) is 0 Å². The fraction of sp³-hybridized carbons (Fsp3) is 0.900. The van der Waals surface area contributed by atoms with Gasteiger partial charge in [0.1, 0.15) is 0 Å². The van der Waals surface area contributed by atoms with Crippen LogP contribution in [0.1, 0.15) is 33.6 Å². The second-order valence-corrected chi connectivity index (χ2v) is 4.71. The number of amides is 1. The van der Waals surface area contributed by atoms with Crippen molar-refractivity contribution in [3.05, 3.63) is 0 Å². The summed E-state index contributed by atoms with van der Waals surface area (Å²) in [5, 5.41) is 0. The van der Waals surface area contributed by atoms with Gasteiger partial charge < -0.3 is 4.90 Å². The molecule has 0 rings (SSSR count). The van der Waals surface area contributed by atoms with Gasteiger partial charge in [0.15, 0.2) is 0 Å². The van der Waals surface area contributed by atoms with Crippen molar-refractivity contribution in [2.24, 2.45) is 5.92 Å². The fourth-order valence-electron chi connectivity index (χ4n) is 1.10. The van der Waals surface area contributed by atoms with E-state index in [1.807, 2.05) is 18.9 Å². The number of halogens is 1. The molecule has 0 N–H and O–H groups in total. The largest absolute Gasteiger partial charge is 0.345 e. The van der Waals surface area contributed by atoms with Crippen LogP contribution in [0, 0.1) is 5.92 Å². The molecular weight excluding hydrogens is 230 g/mol. The maximum atomic E-state index is 11.6. The summed E-state index contributed by atoms with van der Waals surface area (Å²) in [4.78, 5) is 13.4. The Morgan fingerprint density at radius 2 is 1.92 bits per heavy atom. The zero-order valence-electron chi connectivity index (χ0n) is 9.01. The molecule has 13 heavy (non-hydrogen) atoms. The normalized spacial score (nSPS) is 15.2. The molecule has 0 aliphatic rings. The number of hydrogen-bond donors (Lipinski definition) is 0. The first-order valence-electron chi connectivity index (χ1n) is 4.91. The van der Waals surface area contributed by atoms with Gasteiger partial charge in [0, 0.05) is 13.6 Å². The van der Waals surface area contributed by atoms with Crippen LogP contribution in [0.4, 0.5) is 0 Å². The Morgan fingerprint density at radius 1 is 1.38 bits per heavy atom. The summed E-state index contributed by atoms with van der Waals surface area (Å²) in [7, 11) is 1.87. The monoisotopic (exact) mass is 249 g/mol. The van der Waals surface area contributed by atoms with E-state index in [1.165, 1.54) is 0 Å². The van der Waals surface area contributed by atoms with Crippen LogP contribution in [0.3, 0.4) is 0 Å². The number of alkyl halides is 1. The van der Waals surface area contributed by atoms with Gasteiger partial charge in [-0.05, 0) is 12.3 Å². The molecule has 2 nitrogen and oxygen atoms in total. The van der Waals surface area contributed by atoms with E-state index >= 15 is 0 Å². The first-order chi connectivity index (χ1) is 6.02. The molecule has 2 unspecified atom stereocenters. The Hall–Kier alpha value is -0.0500. The highest BCUT2D eigenvalue weighted by molar-refractivity contribution is 9.10. The molecule has 78 valence electrons. The highest BCUT2D eigenvalue weighted by Gasteiger charge is 2.17. The topological polar surface area (TPSA) is 20.3 Å². The maximum Gasteiger partial charge on any atom is 0.236 e. The van der Waals surface area contributed by atoms with Gasteiger partial charge >= 0.3 is 0 Å². The van der Waals surface area contributed by atoms with E-state index in [4.69, 9.17) is 0 Å². The lowest BCUT2D eigenvalue weighted by Gasteiger charge is -2.22. The molecule has 0 aromatic carbocycles. The quantitative estimate of drug-likeness (QED) is 0.687. The molecule has 1 amide bonds. The Bertz CT molecular complexity index is 161. The summed E-state index contributed by atoms with van der Waals surface area (Å²) in [6, 6.07) is 0. The summed E-state index contributed by atoms with van der Waals surface area (Å²) in [6.45, 7) is 7.18. The van der Waals surface area contributed by atoms with E-state index in [0.717, 1.165) is 19.4 Å². The smallest absolute Gasteiger partial charge is 0.236 e. The van der Waals surface area contributed by atoms with Crippen LogP contribution in [0.25, 0.3) is 0 Å². The van der Waals surface area contributed by atoms with Crippen molar-refractivity contribution >= 4 is 21.8 Å². The van der Waals surface area contributed by atoms with Crippen LogP contribution in [0.5, 0.6) is 0 Å². The van der Waals surface area contributed by atoms with Gasteiger partial charge in [0.05, 0.1) is 4.83 Å². The minimum atomic E-state index is -0.0124. The number of nitrogens with zero attached hydrogens (tertiary/aromatic N) is 1. The minimum Gasteiger partial charge on any atom is -0.345 e. The predicted molar refractivity (Wildman–Crippen MR) is 60.1 cm³/mol. The second kappa shape index (κ2) is 6.41. The van der Waals surface area contributed by atoms with E-state index in [0.29, 0.717) is 5.92 Å². The first-order valence-corrected chi connectivity index (χ1v) is 5.83. The minimum absolute atomic E-state index is 0.0124. The van der Waals surface area contributed by atoms with Gasteiger partial charge in [-0.2, -0.15) is 0 Å². The predicted octanol–water partition coefficient (Wildman–Crippen LogP) is 2.66.